The van der Waals surface area contributed by atoms with Crippen LogP contribution in [-0.4, -0.2) is 36.6 Å². The van der Waals surface area contributed by atoms with Crippen molar-refractivity contribution in [3.05, 3.63) is 12.2 Å². The Morgan fingerprint density at radius 2 is 2.08 bits per heavy atom. The number of nitrogens with zero attached hydrogens (tertiary/aromatic N) is 1. The molecule has 0 amide bonds. The quantitative estimate of drug-likeness (QED) is 0.585. The monoisotopic (exact) mass is 166 g/mol. The predicted molar refractivity (Wildman–Crippen MR) is 51.2 cm³/mol. The Morgan fingerprint density at radius 3 is 2.75 bits per heavy atom. The molecule has 0 aliphatic carbocycles. The van der Waals surface area contributed by atoms with E-state index in [1.54, 1.807) is 0 Å². The van der Waals surface area contributed by atoms with E-state index in [0.717, 1.165) is 19.1 Å². The molecule has 2 unspecified atom stereocenters. The average molecular weight is 166 g/mol. The molecule has 2 rings (SSSR count). The summed E-state index contributed by atoms with van der Waals surface area (Å²) in [5.74, 6) is 0. The number of rotatable bonds is 1. The Balaban J connectivity index is 1.92. The van der Waals surface area contributed by atoms with Gasteiger partial charge in [-0.1, -0.05) is 12.2 Å². The lowest BCUT2D eigenvalue weighted by atomic mass is 9.98. The van der Waals surface area contributed by atoms with E-state index in [9.17, 15) is 0 Å². The van der Waals surface area contributed by atoms with E-state index in [4.69, 9.17) is 0 Å². The largest absolute Gasteiger partial charge is 0.313 e. The van der Waals surface area contributed by atoms with Gasteiger partial charge in [0.1, 0.15) is 0 Å². The van der Waals surface area contributed by atoms with E-state index in [-0.39, 0.29) is 0 Å². The van der Waals surface area contributed by atoms with Crippen LogP contribution >= 0.6 is 0 Å². The zero-order valence-electron chi connectivity index (χ0n) is 7.79. The molecule has 2 aliphatic heterocycles. The van der Waals surface area contributed by atoms with Gasteiger partial charge >= 0.3 is 0 Å². The molecule has 1 fully saturated rings. The molecule has 0 aromatic heterocycles. The van der Waals surface area contributed by atoms with Crippen molar-refractivity contribution in [1.82, 2.24) is 10.2 Å². The van der Waals surface area contributed by atoms with E-state index >= 15 is 0 Å². The number of hydrogen-bond acceptors (Lipinski definition) is 2. The van der Waals surface area contributed by atoms with Gasteiger partial charge < -0.3 is 5.32 Å². The zero-order chi connectivity index (χ0) is 8.39. The first kappa shape index (κ1) is 8.27. The third-order valence-corrected chi connectivity index (χ3v) is 3.04. The zero-order valence-corrected chi connectivity index (χ0v) is 7.79. The summed E-state index contributed by atoms with van der Waals surface area (Å²) in [7, 11) is 0. The Morgan fingerprint density at radius 1 is 1.33 bits per heavy atom. The number of piperidine rings is 1. The molecular weight excluding hydrogens is 148 g/mol. The topological polar surface area (TPSA) is 15.3 Å². The van der Waals surface area contributed by atoms with Gasteiger partial charge in [0.05, 0.1) is 0 Å². The summed E-state index contributed by atoms with van der Waals surface area (Å²) in [6, 6.07) is 1.45. The maximum absolute atomic E-state index is 3.54. The summed E-state index contributed by atoms with van der Waals surface area (Å²) >= 11 is 0. The molecule has 2 heterocycles. The van der Waals surface area contributed by atoms with Gasteiger partial charge in [0.2, 0.25) is 0 Å². The standard InChI is InChI=1S/C10H18N2/c1-9-10(5-4-6-11-9)12-7-2-3-8-12/h2-3,9-11H,4-8H2,1H3. The van der Waals surface area contributed by atoms with Gasteiger partial charge in [0.15, 0.2) is 0 Å². The first-order valence-corrected chi connectivity index (χ1v) is 5.00. The van der Waals surface area contributed by atoms with Crippen LogP contribution in [-0.2, 0) is 0 Å². The Hall–Kier alpha value is -0.340. The van der Waals surface area contributed by atoms with Crippen LogP contribution < -0.4 is 5.32 Å². The van der Waals surface area contributed by atoms with Crippen LogP contribution in [0.4, 0.5) is 0 Å². The molecule has 0 aromatic carbocycles. The molecule has 0 radical (unpaired) electrons. The van der Waals surface area contributed by atoms with Crippen LogP contribution in [0.5, 0.6) is 0 Å². The smallest absolute Gasteiger partial charge is 0.0253 e. The van der Waals surface area contributed by atoms with Crippen molar-refractivity contribution in [3.8, 4) is 0 Å². The molecule has 1 N–H and O–H groups in total. The van der Waals surface area contributed by atoms with Gasteiger partial charge in [-0.15, -0.1) is 0 Å². The summed E-state index contributed by atoms with van der Waals surface area (Å²) in [6.45, 7) is 5.84. The summed E-state index contributed by atoms with van der Waals surface area (Å²) < 4.78 is 0. The second kappa shape index (κ2) is 3.58. The Bertz CT molecular complexity index is 169. The lowest BCUT2D eigenvalue weighted by Gasteiger charge is -2.36. The predicted octanol–water partition coefficient (Wildman–Crippen LogP) is 0.999. The fourth-order valence-corrected chi connectivity index (χ4v) is 2.29. The maximum atomic E-state index is 3.54. The number of nitrogens with one attached hydrogen (secondary N) is 1. The van der Waals surface area contributed by atoms with Gasteiger partial charge in [0, 0.05) is 25.2 Å². The van der Waals surface area contributed by atoms with E-state index < -0.39 is 0 Å². The third kappa shape index (κ3) is 1.54. The highest BCUT2D eigenvalue weighted by Gasteiger charge is 2.26. The molecule has 2 aliphatic rings. The normalized spacial score (nSPS) is 37.4. The molecule has 2 nitrogen and oxygen atoms in total. The SMILES string of the molecule is CC1NCCCC1N1CC=CC1. The Labute approximate surface area is 74.6 Å². The molecule has 1 saturated heterocycles. The maximum Gasteiger partial charge on any atom is 0.0253 e. The second-order valence-corrected chi connectivity index (χ2v) is 3.88. The molecule has 0 saturated carbocycles. The van der Waals surface area contributed by atoms with E-state index in [1.165, 1.54) is 19.4 Å². The molecule has 0 aromatic rings. The van der Waals surface area contributed by atoms with Crippen molar-refractivity contribution in [3.63, 3.8) is 0 Å². The molecule has 0 spiro atoms. The van der Waals surface area contributed by atoms with Crippen LogP contribution in [0.3, 0.4) is 0 Å². The third-order valence-electron chi connectivity index (χ3n) is 3.04. The second-order valence-electron chi connectivity index (χ2n) is 3.88. The van der Waals surface area contributed by atoms with E-state index in [0.29, 0.717) is 6.04 Å². The highest BCUT2D eigenvalue weighted by Crippen LogP contribution is 2.17. The van der Waals surface area contributed by atoms with Gasteiger partial charge in [-0.25, -0.2) is 0 Å². The van der Waals surface area contributed by atoms with Crippen LogP contribution in [0.1, 0.15) is 19.8 Å². The minimum atomic E-state index is 0.679. The van der Waals surface area contributed by atoms with E-state index in [1.807, 2.05) is 0 Å². The average Bonchev–Trinajstić information content (AvgIpc) is 2.57. The van der Waals surface area contributed by atoms with Crippen molar-refractivity contribution >= 4 is 0 Å². The van der Waals surface area contributed by atoms with Crippen LogP contribution in [0, 0.1) is 0 Å². The van der Waals surface area contributed by atoms with Gasteiger partial charge in [-0.3, -0.25) is 4.90 Å². The fourth-order valence-electron chi connectivity index (χ4n) is 2.29. The lowest BCUT2D eigenvalue weighted by Crippen LogP contribution is -2.51. The Kier molecular flexibility index (Phi) is 2.47. The van der Waals surface area contributed by atoms with Crippen molar-refractivity contribution in [1.29, 1.82) is 0 Å². The van der Waals surface area contributed by atoms with Crippen LogP contribution in [0.25, 0.3) is 0 Å². The molecule has 2 heteroatoms. The molecular formula is C10H18N2. The summed E-state index contributed by atoms with van der Waals surface area (Å²) in [4.78, 5) is 2.57. The highest BCUT2D eigenvalue weighted by molar-refractivity contribution is 5.00. The molecule has 2 atom stereocenters. The summed E-state index contributed by atoms with van der Waals surface area (Å²) in [5.41, 5.74) is 0. The molecule has 12 heavy (non-hydrogen) atoms. The lowest BCUT2D eigenvalue weighted by molar-refractivity contribution is 0.170. The van der Waals surface area contributed by atoms with Crippen LogP contribution in [0.15, 0.2) is 12.2 Å². The van der Waals surface area contributed by atoms with E-state index in [2.05, 4.69) is 29.3 Å². The van der Waals surface area contributed by atoms with Crippen LogP contribution in [0.2, 0.25) is 0 Å². The fraction of sp³-hybridized carbons (Fsp3) is 0.800. The highest BCUT2D eigenvalue weighted by atomic mass is 15.2. The van der Waals surface area contributed by atoms with Crippen molar-refractivity contribution in [2.24, 2.45) is 0 Å². The van der Waals surface area contributed by atoms with Crippen molar-refractivity contribution < 1.29 is 0 Å². The van der Waals surface area contributed by atoms with Crippen molar-refractivity contribution in [2.75, 3.05) is 19.6 Å². The number of hydrogen-bond donors (Lipinski definition) is 1. The summed E-state index contributed by atoms with van der Waals surface area (Å²) in [6.07, 6.45) is 7.27. The first-order chi connectivity index (χ1) is 5.88. The van der Waals surface area contributed by atoms with Gasteiger partial charge in [0.25, 0.3) is 0 Å². The minimum Gasteiger partial charge on any atom is -0.313 e. The van der Waals surface area contributed by atoms with Crippen molar-refractivity contribution in [2.45, 2.75) is 31.8 Å². The van der Waals surface area contributed by atoms with Gasteiger partial charge in [-0.05, 0) is 26.3 Å². The summed E-state index contributed by atoms with van der Waals surface area (Å²) in [5, 5.41) is 3.54. The minimum absolute atomic E-state index is 0.679. The first-order valence-electron chi connectivity index (χ1n) is 5.00. The molecule has 0 bridgehead atoms. The van der Waals surface area contributed by atoms with Gasteiger partial charge in [-0.2, -0.15) is 0 Å². The molecule has 68 valence electrons.